The van der Waals surface area contributed by atoms with Gasteiger partial charge in [0.2, 0.25) is 6.75 Å². The normalized spacial score (nSPS) is 38.2. The van der Waals surface area contributed by atoms with Crippen LogP contribution in [0.3, 0.4) is 0 Å². The van der Waals surface area contributed by atoms with Gasteiger partial charge in [-0.2, -0.15) is 0 Å². The third kappa shape index (κ3) is 1.33. The number of fused-ring (bicyclic) bond motifs is 2. The maximum Gasteiger partial charge on any atom is 0.231 e. The Morgan fingerprint density at radius 1 is 1.29 bits per heavy atom. The molecule has 1 aromatic rings. The Hall–Kier alpha value is -0.930. The Morgan fingerprint density at radius 3 is 2.29 bits per heavy atom. The third-order valence-electron chi connectivity index (χ3n) is 1.93. The second-order valence-electron chi connectivity index (χ2n) is 2.80. The fraction of sp³-hybridized carbons (Fsp3) is 0.400. The van der Waals surface area contributed by atoms with Gasteiger partial charge in [-0.1, -0.05) is 0 Å². The van der Waals surface area contributed by atoms with E-state index in [1.165, 1.54) is 0 Å². The zero-order valence-corrected chi connectivity index (χ0v) is 7.77. The average molecular weight is 221 g/mol. The van der Waals surface area contributed by atoms with Crippen LogP contribution in [0, 0.1) is 0 Å². The topological polar surface area (TPSA) is 44.5 Å². The first kappa shape index (κ1) is 4.29. The molecule has 0 saturated carbocycles. The molecular weight excluding hydrogens is 202 g/mol. The number of hydrogen-bond acceptors (Lipinski definition) is 3. The van der Waals surface area contributed by atoms with Gasteiger partial charge >= 0.3 is 0 Å². The lowest BCUT2D eigenvalue weighted by atomic mass is 10.1. The zero-order valence-electron chi connectivity index (χ0n) is 14.0. The predicted molar refractivity (Wildman–Crippen MR) is 55.2 cm³/mol. The molecule has 1 heterocycles. The molecule has 0 unspecified atom stereocenters. The monoisotopic (exact) mass is 220 g/mol. The fourth-order valence-electron chi connectivity index (χ4n) is 1.36. The summed E-state index contributed by atoms with van der Waals surface area (Å²) < 4.78 is 63.9. The number of benzene rings is 1. The van der Waals surface area contributed by atoms with Gasteiger partial charge in [0.15, 0.2) is 11.5 Å². The van der Waals surface area contributed by atoms with Crippen LogP contribution in [0.15, 0.2) is 12.1 Å². The van der Waals surface area contributed by atoms with Crippen molar-refractivity contribution in [2.24, 2.45) is 5.73 Å². The van der Waals surface area contributed by atoms with Gasteiger partial charge in [-0.25, -0.2) is 0 Å². The van der Waals surface area contributed by atoms with Crippen LogP contribution in [0.25, 0.3) is 0 Å². The van der Waals surface area contributed by atoms with Crippen molar-refractivity contribution in [1.82, 2.24) is 0 Å². The van der Waals surface area contributed by atoms with Crippen LogP contribution in [-0.2, 0) is 12.7 Å². The van der Waals surface area contributed by atoms with Crippen molar-refractivity contribution in [3.63, 3.8) is 0 Å². The van der Waals surface area contributed by atoms with E-state index < -0.39 is 25.5 Å². The van der Waals surface area contributed by atoms with Gasteiger partial charge in [0.1, 0.15) is 2.74 Å². The van der Waals surface area contributed by atoms with E-state index in [9.17, 15) is 0 Å². The van der Waals surface area contributed by atoms with Crippen LogP contribution >= 0.6 is 12.4 Å². The predicted octanol–water partition coefficient (Wildman–Crippen LogP) is 1.26. The Labute approximate surface area is 98.4 Å². The van der Waals surface area contributed by atoms with Crippen LogP contribution in [0.2, 0.25) is 0 Å². The molecular formula is C10H12ClNO2. The lowest BCUT2D eigenvalue weighted by Gasteiger charge is -2.00. The SMILES string of the molecule is Cl.[2H]C1([2H])Oc2cc3c(cc2O1)C([2H])([2H])C([2H])(N)C3([2H])[2H]. The molecule has 1 aliphatic carbocycles. The highest BCUT2D eigenvalue weighted by Crippen LogP contribution is 2.37. The van der Waals surface area contributed by atoms with E-state index >= 15 is 0 Å². The van der Waals surface area contributed by atoms with Gasteiger partial charge in [-0.05, 0) is 36.0 Å². The van der Waals surface area contributed by atoms with E-state index in [2.05, 4.69) is 0 Å². The molecule has 0 fully saturated rings. The molecule has 0 amide bonds. The number of hydrogen-bond donors (Lipinski definition) is 1. The van der Waals surface area contributed by atoms with Crippen LogP contribution in [0.5, 0.6) is 11.5 Å². The van der Waals surface area contributed by atoms with E-state index in [-0.39, 0.29) is 35.0 Å². The second kappa shape index (κ2) is 3.33. The Morgan fingerprint density at radius 2 is 1.79 bits per heavy atom. The second-order valence-corrected chi connectivity index (χ2v) is 2.80. The van der Waals surface area contributed by atoms with Crippen molar-refractivity contribution >= 4 is 12.4 Å². The van der Waals surface area contributed by atoms with Crippen molar-refractivity contribution in [1.29, 1.82) is 0 Å². The Balaban J connectivity index is 0.00000161. The standard InChI is InChI=1S/C10H11NO2.ClH/c11-8-1-6-3-9-10(13-5-12-9)4-7(6)2-8;/h3-4,8H,1-2,5,11H2;1H/i1D2,2D2,5D2,8D;. The molecule has 2 aliphatic rings. The van der Waals surface area contributed by atoms with Crippen LogP contribution in [0.1, 0.15) is 20.7 Å². The zero-order chi connectivity index (χ0) is 15.1. The number of nitrogens with two attached hydrogens (primary N) is 1. The average Bonchev–Trinajstić information content (AvgIpc) is 2.62. The molecule has 3 rings (SSSR count). The summed E-state index contributed by atoms with van der Waals surface area (Å²) >= 11 is 0. The van der Waals surface area contributed by atoms with E-state index in [1.807, 2.05) is 0 Å². The highest BCUT2D eigenvalue weighted by Gasteiger charge is 2.23. The summed E-state index contributed by atoms with van der Waals surface area (Å²) in [6.45, 7) is -2.38. The summed E-state index contributed by atoms with van der Waals surface area (Å²) in [5.41, 5.74) is 5.31. The summed E-state index contributed by atoms with van der Waals surface area (Å²) in [6, 6.07) is -0.205. The van der Waals surface area contributed by atoms with E-state index in [0.717, 1.165) is 12.1 Å². The fourth-order valence-corrected chi connectivity index (χ4v) is 1.36. The molecule has 4 heteroatoms. The van der Waals surface area contributed by atoms with E-state index in [1.54, 1.807) is 0 Å². The van der Waals surface area contributed by atoms with Gasteiger partial charge in [-0.15, -0.1) is 12.4 Å². The first-order valence-electron chi connectivity index (χ1n) is 7.26. The first-order chi connectivity index (χ1) is 8.90. The number of halogens is 1. The largest absolute Gasteiger partial charge is 0.454 e. The van der Waals surface area contributed by atoms with Gasteiger partial charge in [-0.3, -0.25) is 0 Å². The first-order valence-corrected chi connectivity index (χ1v) is 3.76. The lowest BCUT2D eigenvalue weighted by molar-refractivity contribution is 0.174. The van der Waals surface area contributed by atoms with Crippen molar-refractivity contribution in [3.05, 3.63) is 23.3 Å². The van der Waals surface area contributed by atoms with Crippen molar-refractivity contribution in [2.45, 2.75) is 18.8 Å². The molecule has 3 nitrogen and oxygen atoms in total. The van der Waals surface area contributed by atoms with E-state index in [0.29, 0.717) is 0 Å². The Kier molecular flexibility index (Phi) is 1.02. The molecule has 2 N–H and O–H groups in total. The Bertz CT molecular complexity index is 571. The minimum absolute atomic E-state index is 0. The summed E-state index contributed by atoms with van der Waals surface area (Å²) in [4.78, 5) is 0. The highest BCUT2D eigenvalue weighted by molar-refractivity contribution is 5.85. The van der Waals surface area contributed by atoms with Crippen LogP contribution < -0.4 is 15.2 Å². The summed E-state index contributed by atoms with van der Waals surface area (Å²) in [7, 11) is 0. The van der Waals surface area contributed by atoms with E-state index in [4.69, 9.17) is 24.8 Å². The number of ether oxygens (including phenoxy) is 2. The molecule has 1 aliphatic heterocycles. The molecule has 1 aromatic carbocycles. The molecule has 0 atom stereocenters. The van der Waals surface area contributed by atoms with Crippen molar-refractivity contribution in [3.8, 4) is 11.5 Å². The number of rotatable bonds is 0. The minimum atomic E-state index is -2.50. The van der Waals surface area contributed by atoms with Crippen molar-refractivity contribution in [2.75, 3.05) is 6.75 Å². The third-order valence-corrected chi connectivity index (χ3v) is 1.93. The molecule has 0 bridgehead atoms. The molecule has 0 radical (unpaired) electrons. The molecule has 14 heavy (non-hydrogen) atoms. The highest BCUT2D eigenvalue weighted by atomic mass is 35.5. The molecule has 0 spiro atoms. The maximum absolute atomic E-state index is 7.91. The van der Waals surface area contributed by atoms with Gasteiger partial charge < -0.3 is 15.2 Å². The van der Waals surface area contributed by atoms with Gasteiger partial charge in [0.25, 0.3) is 0 Å². The minimum Gasteiger partial charge on any atom is -0.454 e. The summed E-state index contributed by atoms with van der Waals surface area (Å²) in [5, 5.41) is 0. The quantitative estimate of drug-likeness (QED) is 0.716. The van der Waals surface area contributed by atoms with Gasteiger partial charge in [0.05, 0.1) is 0 Å². The molecule has 76 valence electrons. The van der Waals surface area contributed by atoms with Gasteiger partial charge in [0, 0.05) is 12.9 Å². The van der Waals surface area contributed by atoms with Crippen LogP contribution in [0.4, 0.5) is 0 Å². The molecule has 0 aromatic heterocycles. The smallest absolute Gasteiger partial charge is 0.231 e. The lowest BCUT2D eigenvalue weighted by Crippen LogP contribution is -2.19. The molecule has 0 saturated heterocycles. The van der Waals surface area contributed by atoms with Crippen LogP contribution in [-0.4, -0.2) is 12.8 Å². The summed E-state index contributed by atoms with van der Waals surface area (Å²) in [6.07, 6.45) is -4.89. The van der Waals surface area contributed by atoms with Crippen molar-refractivity contribution < 1.29 is 19.1 Å². The maximum atomic E-state index is 7.91. The summed E-state index contributed by atoms with van der Waals surface area (Å²) in [5.74, 6) is -0.0720.